The predicted octanol–water partition coefficient (Wildman–Crippen LogP) is 3.20. The van der Waals surface area contributed by atoms with Crippen LogP contribution < -0.4 is 15.6 Å². The zero-order chi connectivity index (χ0) is 22.9. The summed E-state index contributed by atoms with van der Waals surface area (Å²) in [6.07, 6.45) is 4.54. The second-order valence-electron chi connectivity index (χ2n) is 7.89. The number of carbonyl (C=O) groups excluding carboxylic acids is 1. The summed E-state index contributed by atoms with van der Waals surface area (Å²) in [6, 6.07) is 13.1. The molecular formula is C26H23N3O4. The molecule has 5 aromatic rings. The van der Waals surface area contributed by atoms with Crippen LogP contribution in [0.15, 0.2) is 66.1 Å². The molecule has 0 spiro atoms. The number of nitrogens with one attached hydrogen (secondary N) is 1. The van der Waals surface area contributed by atoms with Crippen molar-refractivity contribution >= 4 is 44.0 Å². The molecular weight excluding hydrogens is 418 g/mol. The van der Waals surface area contributed by atoms with E-state index in [0.29, 0.717) is 30.5 Å². The lowest BCUT2D eigenvalue weighted by atomic mass is 10.0. The van der Waals surface area contributed by atoms with E-state index in [1.165, 1.54) is 0 Å². The Morgan fingerprint density at radius 1 is 1.15 bits per heavy atom. The number of pyridine rings is 2. The first-order chi connectivity index (χ1) is 16.2. The van der Waals surface area contributed by atoms with Crippen molar-refractivity contribution in [2.24, 2.45) is 0 Å². The Bertz CT molecular complexity index is 1570. The van der Waals surface area contributed by atoms with Gasteiger partial charge in [-0.2, -0.15) is 0 Å². The maximum absolute atomic E-state index is 13.5. The number of hydrogen-bond donors (Lipinski definition) is 2. The number of fused-ring (bicyclic) bond motifs is 5. The van der Waals surface area contributed by atoms with E-state index in [2.05, 4.69) is 16.9 Å². The molecule has 0 fully saturated rings. The Balaban J connectivity index is 1.72. The van der Waals surface area contributed by atoms with E-state index in [0.717, 1.165) is 38.3 Å². The van der Waals surface area contributed by atoms with Crippen molar-refractivity contribution in [1.82, 2.24) is 14.7 Å². The largest absolute Gasteiger partial charge is 0.483 e. The molecule has 33 heavy (non-hydrogen) atoms. The molecule has 166 valence electrons. The SMILES string of the molecule is C=CCc1c(OCC(=O)NCCCO)ccc2c1c1ccnc3c4ccccc4c(=O)n2c13. The highest BCUT2D eigenvalue weighted by molar-refractivity contribution is 6.19. The lowest BCUT2D eigenvalue weighted by molar-refractivity contribution is -0.123. The van der Waals surface area contributed by atoms with Gasteiger partial charge in [-0.15, -0.1) is 6.58 Å². The normalized spacial score (nSPS) is 11.5. The maximum atomic E-state index is 13.5. The van der Waals surface area contributed by atoms with Gasteiger partial charge in [0.15, 0.2) is 6.61 Å². The van der Waals surface area contributed by atoms with Gasteiger partial charge in [-0.05, 0) is 37.1 Å². The molecule has 2 N–H and O–H groups in total. The number of allylic oxidation sites excluding steroid dienone is 1. The van der Waals surface area contributed by atoms with Gasteiger partial charge < -0.3 is 15.2 Å². The zero-order valence-electron chi connectivity index (χ0n) is 18.0. The standard InChI is InChI=1S/C26H23N3O4/c1-2-6-18-21(33-15-22(31)27-12-5-14-30)10-9-20-23(18)19-11-13-28-24-16-7-3-4-8-17(16)26(32)29(20)25(19)24/h2-4,7-11,13,30H,1,5-6,12,14-15H2,(H,27,31). The summed E-state index contributed by atoms with van der Waals surface area (Å²) in [6.45, 7) is 4.16. The molecule has 7 nitrogen and oxygen atoms in total. The zero-order valence-corrected chi connectivity index (χ0v) is 18.0. The predicted molar refractivity (Wildman–Crippen MR) is 129 cm³/mol. The van der Waals surface area contributed by atoms with Gasteiger partial charge in [-0.3, -0.25) is 19.0 Å². The Hall–Kier alpha value is -3.97. The van der Waals surface area contributed by atoms with Gasteiger partial charge in [0.2, 0.25) is 0 Å². The summed E-state index contributed by atoms with van der Waals surface area (Å²) in [5.41, 5.74) is 3.10. The van der Waals surface area contributed by atoms with Crippen LogP contribution >= 0.6 is 0 Å². The lowest BCUT2D eigenvalue weighted by Crippen LogP contribution is -2.30. The van der Waals surface area contributed by atoms with Gasteiger partial charge in [-0.25, -0.2) is 0 Å². The van der Waals surface area contributed by atoms with Crippen LogP contribution in [0.2, 0.25) is 0 Å². The van der Waals surface area contributed by atoms with Crippen molar-refractivity contribution in [2.75, 3.05) is 19.8 Å². The van der Waals surface area contributed by atoms with E-state index >= 15 is 0 Å². The van der Waals surface area contributed by atoms with Crippen LogP contribution in [0.25, 0.3) is 38.1 Å². The Morgan fingerprint density at radius 3 is 2.76 bits per heavy atom. The summed E-state index contributed by atoms with van der Waals surface area (Å²) in [5.74, 6) is 0.312. The first kappa shape index (κ1) is 20.9. The van der Waals surface area contributed by atoms with E-state index < -0.39 is 0 Å². The highest BCUT2D eigenvalue weighted by Crippen LogP contribution is 2.38. The molecule has 0 unspecified atom stereocenters. The summed E-state index contributed by atoms with van der Waals surface area (Å²) >= 11 is 0. The van der Waals surface area contributed by atoms with Crippen molar-refractivity contribution in [3.63, 3.8) is 0 Å². The minimum atomic E-state index is -0.259. The van der Waals surface area contributed by atoms with Crippen molar-refractivity contribution in [2.45, 2.75) is 12.8 Å². The lowest BCUT2D eigenvalue weighted by Gasteiger charge is -2.12. The van der Waals surface area contributed by atoms with Gasteiger partial charge in [0, 0.05) is 46.5 Å². The highest BCUT2D eigenvalue weighted by Gasteiger charge is 2.21. The summed E-state index contributed by atoms with van der Waals surface area (Å²) in [7, 11) is 0. The third kappa shape index (κ3) is 3.37. The van der Waals surface area contributed by atoms with Gasteiger partial charge >= 0.3 is 0 Å². The van der Waals surface area contributed by atoms with E-state index in [1.54, 1.807) is 22.7 Å². The fourth-order valence-corrected chi connectivity index (χ4v) is 4.49. The number of aliphatic hydroxyl groups is 1. The monoisotopic (exact) mass is 441 g/mol. The number of amides is 1. The maximum Gasteiger partial charge on any atom is 0.263 e. The van der Waals surface area contributed by atoms with Crippen LogP contribution in [0.1, 0.15) is 12.0 Å². The second kappa shape index (κ2) is 8.52. The van der Waals surface area contributed by atoms with Crippen LogP contribution in [0.4, 0.5) is 0 Å². The topological polar surface area (TPSA) is 92.9 Å². The number of aliphatic hydroxyl groups excluding tert-OH is 1. The number of ether oxygens (including phenoxy) is 1. The summed E-state index contributed by atoms with van der Waals surface area (Å²) in [4.78, 5) is 30.2. The Morgan fingerprint density at radius 2 is 1.97 bits per heavy atom. The molecule has 0 aliphatic heterocycles. The molecule has 7 heteroatoms. The second-order valence-corrected chi connectivity index (χ2v) is 7.89. The number of rotatable bonds is 8. The number of hydrogen-bond acceptors (Lipinski definition) is 5. The Kier molecular flexibility index (Phi) is 5.40. The average molecular weight is 441 g/mol. The van der Waals surface area contributed by atoms with Crippen LogP contribution in [0.3, 0.4) is 0 Å². The average Bonchev–Trinajstić information content (AvgIpc) is 3.18. The number of nitrogens with zero attached hydrogens (tertiary/aromatic N) is 2. The van der Waals surface area contributed by atoms with Crippen molar-refractivity contribution < 1.29 is 14.6 Å². The van der Waals surface area contributed by atoms with Crippen LogP contribution in [-0.4, -0.2) is 40.2 Å². The minimum Gasteiger partial charge on any atom is -0.483 e. The minimum absolute atomic E-state index is 0.0186. The van der Waals surface area contributed by atoms with Crippen molar-refractivity contribution in [3.8, 4) is 5.75 Å². The number of carbonyl (C=O) groups is 1. The molecule has 1 amide bonds. The molecule has 3 heterocycles. The molecule has 0 saturated heterocycles. The third-order valence-corrected chi connectivity index (χ3v) is 5.89. The molecule has 0 saturated carbocycles. The van der Waals surface area contributed by atoms with E-state index in [-0.39, 0.29) is 24.7 Å². The Labute approximate surface area is 189 Å². The molecule has 0 aliphatic rings. The first-order valence-electron chi connectivity index (χ1n) is 10.9. The number of aromatic nitrogens is 2. The van der Waals surface area contributed by atoms with Crippen molar-refractivity contribution in [1.29, 1.82) is 0 Å². The van der Waals surface area contributed by atoms with Crippen molar-refractivity contribution in [3.05, 3.63) is 77.2 Å². The molecule has 5 rings (SSSR count). The summed E-state index contributed by atoms with van der Waals surface area (Å²) in [5, 5.41) is 14.8. The van der Waals surface area contributed by atoms with E-state index in [4.69, 9.17) is 9.84 Å². The van der Waals surface area contributed by atoms with Crippen LogP contribution in [0, 0.1) is 0 Å². The van der Waals surface area contributed by atoms with E-state index in [9.17, 15) is 9.59 Å². The highest BCUT2D eigenvalue weighted by atomic mass is 16.5. The van der Waals surface area contributed by atoms with Gasteiger partial charge in [0.1, 0.15) is 5.75 Å². The smallest absolute Gasteiger partial charge is 0.263 e. The van der Waals surface area contributed by atoms with Gasteiger partial charge in [0.05, 0.1) is 16.6 Å². The first-order valence-corrected chi connectivity index (χ1v) is 10.9. The molecule has 3 aromatic heterocycles. The van der Waals surface area contributed by atoms with Crippen LogP contribution in [-0.2, 0) is 11.2 Å². The molecule has 2 aromatic carbocycles. The molecule has 0 radical (unpaired) electrons. The third-order valence-electron chi connectivity index (χ3n) is 5.89. The fraction of sp³-hybridized carbons (Fsp3) is 0.192. The van der Waals surface area contributed by atoms with E-state index in [1.807, 2.05) is 36.4 Å². The summed E-state index contributed by atoms with van der Waals surface area (Å²) < 4.78 is 7.61. The number of benzene rings is 2. The molecule has 0 bridgehead atoms. The quantitative estimate of drug-likeness (QED) is 0.219. The van der Waals surface area contributed by atoms with Gasteiger partial charge in [-0.1, -0.05) is 24.3 Å². The van der Waals surface area contributed by atoms with Crippen LogP contribution in [0.5, 0.6) is 5.75 Å². The molecule has 0 aliphatic carbocycles. The molecule has 0 atom stereocenters. The fourth-order valence-electron chi connectivity index (χ4n) is 4.49. The van der Waals surface area contributed by atoms with Gasteiger partial charge in [0.25, 0.3) is 11.5 Å².